The number of carbonyl (C=O) groups excluding carboxylic acids is 1. The summed E-state index contributed by atoms with van der Waals surface area (Å²) in [6.07, 6.45) is 1.81. The number of nitro benzene ring substituents is 1. The average molecular weight is 554 g/mol. The zero-order chi connectivity index (χ0) is 28.1. The topological polar surface area (TPSA) is 102 Å². The van der Waals surface area contributed by atoms with Crippen molar-refractivity contribution in [2.75, 3.05) is 31.1 Å². The molecule has 0 bridgehead atoms. The van der Waals surface area contributed by atoms with E-state index in [0.717, 1.165) is 17.7 Å². The molecular weight excluding hydrogens is 521 g/mol. The highest BCUT2D eigenvalue weighted by atomic mass is 32.2. The van der Waals surface area contributed by atoms with E-state index in [2.05, 4.69) is 4.90 Å². The predicted molar refractivity (Wildman–Crippen MR) is 150 cm³/mol. The minimum Gasteiger partial charge on any atom is -0.368 e. The summed E-state index contributed by atoms with van der Waals surface area (Å²) >= 11 is 1.32. The maximum Gasteiger partial charge on any atom is 0.269 e. The lowest BCUT2D eigenvalue weighted by Gasteiger charge is -2.37. The molecule has 39 heavy (non-hydrogen) atoms. The number of nitro groups is 1. The number of rotatable bonds is 9. The number of halogens is 1. The van der Waals surface area contributed by atoms with Crippen LogP contribution in [0.25, 0.3) is 0 Å². The summed E-state index contributed by atoms with van der Waals surface area (Å²) in [7, 11) is 1.67. The number of amides is 1. The number of anilines is 1. The zero-order valence-electron chi connectivity index (χ0n) is 22.3. The summed E-state index contributed by atoms with van der Waals surface area (Å²) in [5.41, 5.74) is 2.74. The van der Waals surface area contributed by atoms with E-state index in [9.17, 15) is 24.1 Å². The van der Waals surface area contributed by atoms with Gasteiger partial charge in [0.15, 0.2) is 5.16 Å². The second-order valence-electron chi connectivity index (χ2n) is 9.61. The van der Waals surface area contributed by atoms with Gasteiger partial charge in [0.05, 0.1) is 10.2 Å². The smallest absolute Gasteiger partial charge is 0.269 e. The quantitative estimate of drug-likeness (QED) is 0.168. The first kappa shape index (κ1) is 28.3. The molecule has 2 aromatic carbocycles. The number of hydrogen-bond acceptors (Lipinski definition) is 7. The van der Waals surface area contributed by atoms with Crippen LogP contribution in [0, 0.1) is 22.9 Å². The Morgan fingerprint density at radius 3 is 2.33 bits per heavy atom. The molecule has 1 amide bonds. The van der Waals surface area contributed by atoms with Gasteiger partial charge in [-0.3, -0.25) is 24.3 Å². The van der Waals surface area contributed by atoms with Crippen molar-refractivity contribution in [1.29, 1.82) is 0 Å². The van der Waals surface area contributed by atoms with Crippen LogP contribution >= 0.6 is 11.8 Å². The summed E-state index contributed by atoms with van der Waals surface area (Å²) < 4.78 is 14.8. The fourth-order valence-corrected chi connectivity index (χ4v) is 5.93. The Balaban J connectivity index is 1.44. The number of thioether (sulfide) groups is 1. The fraction of sp³-hybridized carbons (Fsp3) is 0.393. The summed E-state index contributed by atoms with van der Waals surface area (Å²) in [4.78, 5) is 45.9. The number of aromatic nitrogens is 2. The number of piperazine rings is 1. The lowest BCUT2D eigenvalue weighted by atomic mass is 10.1. The maximum absolute atomic E-state index is 13.5. The zero-order valence-corrected chi connectivity index (χ0v) is 23.1. The molecule has 3 aromatic rings. The van der Waals surface area contributed by atoms with Crippen LogP contribution < -0.4 is 10.5 Å². The third-order valence-corrected chi connectivity index (χ3v) is 8.23. The van der Waals surface area contributed by atoms with Gasteiger partial charge in [-0.2, -0.15) is 0 Å². The Morgan fingerprint density at radius 2 is 1.74 bits per heavy atom. The molecule has 206 valence electrons. The van der Waals surface area contributed by atoms with Crippen LogP contribution in [0.2, 0.25) is 0 Å². The first-order valence-corrected chi connectivity index (χ1v) is 13.8. The van der Waals surface area contributed by atoms with Crippen molar-refractivity contribution in [1.82, 2.24) is 14.5 Å². The molecule has 1 aliphatic heterocycles. The number of aryl methyl sites for hydroxylation is 1. The minimum absolute atomic E-state index is 0.0208. The fourth-order valence-electron chi connectivity index (χ4n) is 4.64. The second-order valence-corrected chi connectivity index (χ2v) is 10.8. The van der Waals surface area contributed by atoms with E-state index in [1.807, 2.05) is 11.8 Å². The van der Waals surface area contributed by atoms with Gasteiger partial charge < -0.3 is 9.80 Å². The molecule has 0 aliphatic carbocycles. The highest BCUT2D eigenvalue weighted by Gasteiger charge is 2.29. The Labute approximate surface area is 230 Å². The van der Waals surface area contributed by atoms with Gasteiger partial charge in [-0.1, -0.05) is 37.2 Å². The molecule has 1 saturated heterocycles. The van der Waals surface area contributed by atoms with Crippen LogP contribution in [-0.4, -0.2) is 56.7 Å². The van der Waals surface area contributed by atoms with Gasteiger partial charge >= 0.3 is 0 Å². The second kappa shape index (κ2) is 12.4. The normalized spacial score (nSPS) is 14.4. The van der Waals surface area contributed by atoms with Gasteiger partial charge in [-0.05, 0) is 43.2 Å². The van der Waals surface area contributed by atoms with Crippen molar-refractivity contribution in [3.63, 3.8) is 0 Å². The number of nitrogens with zero attached hydrogens (tertiary/aromatic N) is 5. The average Bonchev–Trinajstić information content (AvgIpc) is 2.94. The molecule has 0 saturated carbocycles. The summed E-state index contributed by atoms with van der Waals surface area (Å²) in [6, 6.07) is 12.5. The molecule has 1 atom stereocenters. The van der Waals surface area contributed by atoms with Crippen molar-refractivity contribution in [3.05, 3.63) is 91.6 Å². The standard InChI is InChI=1S/C28H32FN5O4S/c1-4-5-25(27(36)33-16-14-32(15-17-33)22-10-12-23(13-11-22)34(37)38)39-28-30-19(2)24(26(35)31(28)3)18-20-6-8-21(29)9-7-20/h6-13,25H,4-5,14-18H2,1-3H3. The van der Waals surface area contributed by atoms with Crippen molar-refractivity contribution in [2.45, 2.75) is 43.5 Å². The molecule has 0 N–H and O–H groups in total. The third-order valence-electron chi connectivity index (χ3n) is 6.93. The summed E-state index contributed by atoms with van der Waals surface area (Å²) in [5.74, 6) is -0.305. The first-order chi connectivity index (χ1) is 18.7. The van der Waals surface area contributed by atoms with E-state index < -0.39 is 4.92 Å². The maximum atomic E-state index is 13.5. The summed E-state index contributed by atoms with van der Waals surface area (Å²) in [6.45, 7) is 6.15. The Morgan fingerprint density at radius 1 is 1.10 bits per heavy atom. The Hall–Kier alpha value is -3.73. The first-order valence-electron chi connectivity index (χ1n) is 12.9. The number of hydrogen-bond donors (Lipinski definition) is 0. The van der Waals surface area contributed by atoms with E-state index in [4.69, 9.17) is 4.98 Å². The molecule has 4 rings (SSSR count). The van der Waals surface area contributed by atoms with Gasteiger partial charge in [-0.25, -0.2) is 9.37 Å². The minimum atomic E-state index is -0.419. The van der Waals surface area contributed by atoms with E-state index in [-0.39, 0.29) is 28.2 Å². The largest absolute Gasteiger partial charge is 0.368 e. The molecule has 1 aromatic heterocycles. The van der Waals surface area contributed by atoms with E-state index >= 15 is 0 Å². The SMILES string of the molecule is CCCC(Sc1nc(C)c(Cc2ccc(F)cc2)c(=O)n1C)C(=O)N1CCN(c2ccc([N+](=O)[O-])cc2)CC1. The molecule has 2 heterocycles. The molecule has 1 fully saturated rings. The van der Waals surface area contributed by atoms with Crippen molar-refractivity contribution < 1.29 is 14.1 Å². The monoisotopic (exact) mass is 553 g/mol. The van der Waals surface area contributed by atoms with Crippen molar-refractivity contribution in [3.8, 4) is 0 Å². The van der Waals surface area contributed by atoms with E-state index in [1.54, 1.807) is 38.2 Å². The third kappa shape index (κ3) is 6.65. The van der Waals surface area contributed by atoms with Crippen molar-refractivity contribution >= 4 is 29.0 Å². The van der Waals surface area contributed by atoms with E-state index in [1.165, 1.54) is 40.6 Å². The number of non-ortho nitro benzene ring substituents is 1. The van der Waals surface area contributed by atoms with Crippen LogP contribution in [-0.2, 0) is 18.3 Å². The Bertz CT molecular complexity index is 1390. The van der Waals surface area contributed by atoms with Crippen molar-refractivity contribution in [2.24, 2.45) is 7.05 Å². The molecule has 0 spiro atoms. The van der Waals surface area contributed by atoms with Crippen LogP contribution in [0.4, 0.5) is 15.8 Å². The number of benzene rings is 2. The van der Waals surface area contributed by atoms with Gasteiger partial charge in [0.2, 0.25) is 5.91 Å². The Kier molecular flexibility index (Phi) is 9.01. The van der Waals surface area contributed by atoms with Gasteiger partial charge in [0.1, 0.15) is 5.82 Å². The lowest BCUT2D eigenvalue weighted by molar-refractivity contribution is -0.384. The van der Waals surface area contributed by atoms with Crippen LogP contribution in [0.15, 0.2) is 58.5 Å². The van der Waals surface area contributed by atoms with Gasteiger partial charge in [0, 0.05) is 68.7 Å². The molecular formula is C28H32FN5O4S. The highest BCUT2D eigenvalue weighted by molar-refractivity contribution is 8.00. The number of carbonyl (C=O) groups is 1. The van der Waals surface area contributed by atoms with Gasteiger partial charge in [0.25, 0.3) is 11.2 Å². The van der Waals surface area contributed by atoms with Gasteiger partial charge in [-0.15, -0.1) is 0 Å². The summed E-state index contributed by atoms with van der Waals surface area (Å²) in [5, 5.41) is 11.0. The van der Waals surface area contributed by atoms with Crippen LogP contribution in [0.1, 0.15) is 36.6 Å². The van der Waals surface area contributed by atoms with Crippen LogP contribution in [0.3, 0.4) is 0 Å². The van der Waals surface area contributed by atoms with E-state index in [0.29, 0.717) is 55.4 Å². The lowest BCUT2D eigenvalue weighted by Crippen LogP contribution is -2.51. The molecule has 11 heteroatoms. The molecule has 9 nitrogen and oxygen atoms in total. The predicted octanol–water partition coefficient (Wildman–Crippen LogP) is 4.34. The molecule has 1 aliphatic rings. The molecule has 1 unspecified atom stereocenters. The van der Waals surface area contributed by atoms with Crippen LogP contribution in [0.5, 0.6) is 0 Å². The highest BCUT2D eigenvalue weighted by Crippen LogP contribution is 2.28. The molecule has 0 radical (unpaired) electrons.